The summed E-state index contributed by atoms with van der Waals surface area (Å²) in [5, 5.41) is 6.13. The maximum Gasteiger partial charge on any atom is 0.169 e. The fraction of sp³-hybridized carbons (Fsp3) is 0.857. The fourth-order valence-corrected chi connectivity index (χ4v) is 2.77. The first-order valence-electron chi connectivity index (χ1n) is 3.47. The highest BCUT2D eigenvalue weighted by molar-refractivity contribution is 8.57. The Morgan fingerprint density at radius 1 is 1.30 bits per heavy atom. The van der Waals surface area contributed by atoms with E-state index >= 15 is 0 Å². The van der Waals surface area contributed by atoms with E-state index in [0.29, 0.717) is 0 Å². The molecule has 0 fully saturated rings. The molecule has 2 nitrogen and oxygen atoms in total. The van der Waals surface area contributed by atoms with Gasteiger partial charge >= 0.3 is 0 Å². The molecule has 0 aromatic carbocycles. The van der Waals surface area contributed by atoms with Crippen molar-refractivity contribution in [3.63, 3.8) is 0 Å². The topological polar surface area (TPSA) is 43.1 Å². The zero-order chi connectivity index (χ0) is 8.60. The van der Waals surface area contributed by atoms with Crippen molar-refractivity contribution < 1.29 is 4.79 Å². The highest BCUT2D eigenvalue weighted by atomic mass is 32.3. The summed E-state index contributed by atoms with van der Waals surface area (Å²) in [6.07, 6.45) is 5.65. The van der Waals surface area contributed by atoms with Crippen LogP contribution < -0.4 is 5.14 Å². The van der Waals surface area contributed by atoms with Crippen LogP contribution in [0.4, 0.5) is 0 Å². The van der Waals surface area contributed by atoms with Crippen molar-refractivity contribution >= 4 is 14.5 Å². The Morgan fingerprint density at radius 2 is 1.60 bits per heavy atom. The second kappa shape index (κ2) is 2.24. The lowest BCUT2D eigenvalue weighted by Gasteiger charge is -2.46. The molecule has 0 bridgehead atoms. The third-order valence-electron chi connectivity index (χ3n) is 1.28. The minimum Gasteiger partial charge on any atom is -0.304 e. The van der Waals surface area contributed by atoms with E-state index < -0.39 is 9.35 Å². The van der Waals surface area contributed by atoms with E-state index in [1.54, 1.807) is 0 Å². The highest BCUT2D eigenvalue weighted by Crippen LogP contribution is 2.53. The lowest BCUT2D eigenvalue weighted by Crippen LogP contribution is -2.34. The Labute approximate surface area is 63.6 Å². The summed E-state index contributed by atoms with van der Waals surface area (Å²) >= 11 is 0. The first-order chi connectivity index (χ1) is 4.11. The van der Waals surface area contributed by atoms with Gasteiger partial charge in [0, 0.05) is 5.92 Å². The summed E-state index contributed by atoms with van der Waals surface area (Å²) in [6.45, 7) is 3.79. The minimum atomic E-state index is -2.42. The molecule has 0 radical (unpaired) electrons. The molecule has 0 aliphatic heterocycles. The standard InChI is InChI=1S/C7H19NOS/c1-6(2)7(9)10(3,4,5)8/h6,10H,8H2,1-5H3. The smallest absolute Gasteiger partial charge is 0.169 e. The van der Waals surface area contributed by atoms with Gasteiger partial charge in [0.2, 0.25) is 0 Å². The van der Waals surface area contributed by atoms with Gasteiger partial charge < -0.3 is 5.14 Å². The van der Waals surface area contributed by atoms with E-state index in [0.717, 1.165) is 0 Å². The molecule has 0 amide bonds. The van der Waals surface area contributed by atoms with E-state index in [2.05, 4.69) is 0 Å². The van der Waals surface area contributed by atoms with E-state index in [9.17, 15) is 4.79 Å². The molecule has 0 aromatic heterocycles. The fourth-order valence-electron chi connectivity index (χ4n) is 0.924. The van der Waals surface area contributed by atoms with Gasteiger partial charge in [-0.2, -0.15) is 0 Å². The second-order valence-corrected chi connectivity index (χ2v) is 10.7. The molecule has 0 aliphatic carbocycles. The van der Waals surface area contributed by atoms with Crippen LogP contribution in [-0.2, 0) is 4.79 Å². The van der Waals surface area contributed by atoms with Crippen LogP contribution in [0.15, 0.2) is 0 Å². The van der Waals surface area contributed by atoms with Gasteiger partial charge in [0.15, 0.2) is 5.12 Å². The van der Waals surface area contributed by atoms with Gasteiger partial charge in [-0.05, 0) is 18.8 Å². The Kier molecular flexibility index (Phi) is 2.23. The molecular weight excluding hydrogens is 146 g/mol. The van der Waals surface area contributed by atoms with Crippen LogP contribution in [0.2, 0.25) is 0 Å². The summed E-state index contributed by atoms with van der Waals surface area (Å²) in [6, 6.07) is 0. The van der Waals surface area contributed by atoms with Crippen LogP contribution in [0.1, 0.15) is 13.8 Å². The van der Waals surface area contributed by atoms with Crippen molar-refractivity contribution in [2.24, 2.45) is 11.1 Å². The summed E-state index contributed by atoms with van der Waals surface area (Å²) in [5.41, 5.74) is 0. The Hall–Kier alpha value is -0.0200. The highest BCUT2D eigenvalue weighted by Gasteiger charge is 2.29. The number of thiol groups is 1. The maximum absolute atomic E-state index is 11.4. The predicted octanol–water partition coefficient (Wildman–Crippen LogP) is 1.00. The predicted molar refractivity (Wildman–Crippen MR) is 50.8 cm³/mol. The SMILES string of the molecule is CC(C)C(=O)[SH](C)(C)(C)N. The number of rotatable bonds is 1. The largest absolute Gasteiger partial charge is 0.304 e. The van der Waals surface area contributed by atoms with Crippen LogP contribution in [0.3, 0.4) is 0 Å². The molecule has 0 heterocycles. The van der Waals surface area contributed by atoms with Crippen LogP contribution in [-0.4, -0.2) is 23.9 Å². The Balaban J connectivity index is 4.53. The summed E-state index contributed by atoms with van der Waals surface area (Å²) < 4.78 is 0. The molecule has 10 heavy (non-hydrogen) atoms. The van der Waals surface area contributed by atoms with Crippen molar-refractivity contribution in [3.8, 4) is 0 Å². The maximum atomic E-state index is 11.4. The minimum absolute atomic E-state index is 0.0719. The quantitative estimate of drug-likeness (QED) is 0.569. The number of hydrogen-bond acceptors (Lipinski definition) is 2. The summed E-state index contributed by atoms with van der Waals surface area (Å²) in [4.78, 5) is 11.4. The van der Waals surface area contributed by atoms with Crippen molar-refractivity contribution in [1.29, 1.82) is 0 Å². The second-order valence-electron chi connectivity index (χ2n) is 4.41. The van der Waals surface area contributed by atoms with E-state index in [1.807, 2.05) is 32.6 Å². The Bertz CT molecular complexity index is 145. The van der Waals surface area contributed by atoms with Gasteiger partial charge in [-0.25, -0.2) is 9.35 Å². The third-order valence-corrected chi connectivity index (χ3v) is 3.38. The first-order valence-corrected chi connectivity index (χ1v) is 7.12. The van der Waals surface area contributed by atoms with Crippen LogP contribution in [0.5, 0.6) is 0 Å². The average Bonchev–Trinajstić information content (AvgIpc) is 1.59. The van der Waals surface area contributed by atoms with Crippen LogP contribution in [0, 0.1) is 5.92 Å². The molecule has 0 rings (SSSR count). The lowest BCUT2D eigenvalue weighted by molar-refractivity contribution is -0.114. The van der Waals surface area contributed by atoms with Gasteiger partial charge in [-0.1, -0.05) is 13.8 Å². The van der Waals surface area contributed by atoms with E-state index in [4.69, 9.17) is 5.14 Å². The number of carbonyl (C=O) groups is 1. The third kappa shape index (κ3) is 2.71. The normalized spacial score (nSPS) is 16.5. The number of nitrogens with two attached hydrogens (primary N) is 1. The zero-order valence-electron chi connectivity index (χ0n) is 7.51. The summed E-state index contributed by atoms with van der Waals surface area (Å²) in [5.74, 6) is 0.0719. The van der Waals surface area contributed by atoms with Gasteiger partial charge in [-0.3, -0.25) is 4.79 Å². The van der Waals surface area contributed by atoms with Gasteiger partial charge in [0.25, 0.3) is 0 Å². The molecule has 0 unspecified atom stereocenters. The van der Waals surface area contributed by atoms with Gasteiger partial charge in [-0.15, -0.1) is 0 Å². The van der Waals surface area contributed by atoms with Crippen molar-refractivity contribution in [2.75, 3.05) is 18.8 Å². The molecule has 2 N–H and O–H groups in total. The van der Waals surface area contributed by atoms with E-state index in [-0.39, 0.29) is 11.0 Å². The molecule has 0 atom stereocenters. The van der Waals surface area contributed by atoms with Crippen molar-refractivity contribution in [1.82, 2.24) is 0 Å². The first kappa shape index (κ1) is 9.98. The number of carbonyl (C=O) groups excluding carboxylic acids is 1. The number of hydrogen-bond donors (Lipinski definition) is 2. The molecular formula is C7H19NOS. The zero-order valence-corrected chi connectivity index (χ0v) is 8.40. The molecule has 0 aromatic rings. The molecule has 64 valence electrons. The molecule has 0 aliphatic rings. The van der Waals surface area contributed by atoms with Gasteiger partial charge in [0.05, 0.1) is 0 Å². The van der Waals surface area contributed by atoms with Gasteiger partial charge in [0.1, 0.15) is 0 Å². The molecule has 0 spiro atoms. The van der Waals surface area contributed by atoms with Crippen LogP contribution in [0.25, 0.3) is 0 Å². The molecule has 0 saturated carbocycles. The summed E-state index contributed by atoms with van der Waals surface area (Å²) in [7, 11) is -2.42. The van der Waals surface area contributed by atoms with Crippen molar-refractivity contribution in [3.05, 3.63) is 0 Å². The lowest BCUT2D eigenvalue weighted by atomic mass is 10.3. The molecule has 0 saturated heterocycles. The van der Waals surface area contributed by atoms with E-state index in [1.165, 1.54) is 0 Å². The molecule has 3 heteroatoms. The monoisotopic (exact) mass is 165 g/mol. The Morgan fingerprint density at radius 3 is 1.60 bits per heavy atom. The van der Waals surface area contributed by atoms with Crippen LogP contribution >= 0.6 is 9.35 Å². The van der Waals surface area contributed by atoms with Crippen molar-refractivity contribution in [2.45, 2.75) is 13.8 Å². The average molecular weight is 165 g/mol.